The van der Waals surface area contributed by atoms with Crippen LogP contribution in [-0.4, -0.2) is 63.2 Å². The maximum atomic E-state index is 12.4. The normalized spacial score (nSPS) is 10.5. The van der Waals surface area contributed by atoms with E-state index in [1.54, 1.807) is 24.2 Å². The first-order valence-corrected chi connectivity index (χ1v) is 10.5. The highest BCUT2D eigenvalue weighted by molar-refractivity contribution is 5.90. The Labute approximate surface area is 192 Å². The maximum absolute atomic E-state index is 12.4. The van der Waals surface area contributed by atoms with Gasteiger partial charge in [-0.15, -0.1) is 0 Å². The lowest BCUT2D eigenvalue weighted by atomic mass is 10.2. The van der Waals surface area contributed by atoms with Gasteiger partial charge in [0, 0.05) is 32.4 Å². The van der Waals surface area contributed by atoms with Crippen LogP contribution in [0.5, 0.6) is 5.75 Å². The summed E-state index contributed by atoms with van der Waals surface area (Å²) in [7, 11) is 1.71. The van der Waals surface area contributed by atoms with Crippen molar-refractivity contribution in [2.24, 2.45) is 0 Å². The van der Waals surface area contributed by atoms with Gasteiger partial charge in [-0.2, -0.15) is 10.1 Å². The van der Waals surface area contributed by atoms with Crippen LogP contribution in [0.15, 0.2) is 48.9 Å². The van der Waals surface area contributed by atoms with Crippen LogP contribution in [0.1, 0.15) is 12.0 Å². The zero-order valence-corrected chi connectivity index (χ0v) is 18.7. The molecule has 3 aromatic rings. The summed E-state index contributed by atoms with van der Waals surface area (Å²) in [6, 6.07) is 9.42. The van der Waals surface area contributed by atoms with Gasteiger partial charge in [-0.3, -0.25) is 14.3 Å². The average Bonchev–Trinajstić information content (AvgIpc) is 3.21. The fourth-order valence-electron chi connectivity index (χ4n) is 2.83. The van der Waals surface area contributed by atoms with Gasteiger partial charge in [-0.1, -0.05) is 17.7 Å². The van der Waals surface area contributed by atoms with Crippen molar-refractivity contribution < 1.29 is 14.3 Å². The number of nitrogen functional groups attached to an aromatic ring is 1. The fourth-order valence-corrected chi connectivity index (χ4v) is 2.83. The minimum absolute atomic E-state index is 0.0631. The third-order valence-electron chi connectivity index (χ3n) is 4.69. The maximum Gasteiger partial charge on any atom is 0.244 e. The third-order valence-corrected chi connectivity index (χ3v) is 4.69. The number of nitrogens with one attached hydrogen (secondary N) is 2. The van der Waals surface area contributed by atoms with E-state index in [-0.39, 0.29) is 30.7 Å². The molecule has 0 spiro atoms. The number of nitrogens with two attached hydrogens (primary N) is 1. The van der Waals surface area contributed by atoms with E-state index in [9.17, 15) is 9.59 Å². The lowest BCUT2D eigenvalue weighted by Crippen LogP contribution is -2.33. The molecule has 1 aromatic carbocycles. The van der Waals surface area contributed by atoms with E-state index in [2.05, 4.69) is 25.7 Å². The van der Waals surface area contributed by atoms with Gasteiger partial charge in [-0.05, 0) is 25.1 Å². The van der Waals surface area contributed by atoms with Crippen molar-refractivity contribution in [2.75, 3.05) is 43.1 Å². The van der Waals surface area contributed by atoms with Gasteiger partial charge in [0.25, 0.3) is 0 Å². The van der Waals surface area contributed by atoms with E-state index < -0.39 is 0 Å². The Morgan fingerprint density at radius 2 is 2.00 bits per heavy atom. The number of aromatic nitrogens is 4. The van der Waals surface area contributed by atoms with Gasteiger partial charge in [0.05, 0.1) is 18.4 Å². The first kappa shape index (κ1) is 23.5. The minimum Gasteiger partial charge on any atom is -0.492 e. The molecule has 0 aliphatic heterocycles. The summed E-state index contributed by atoms with van der Waals surface area (Å²) in [5.74, 6) is 1.17. The molecule has 33 heavy (non-hydrogen) atoms. The summed E-state index contributed by atoms with van der Waals surface area (Å²) < 4.78 is 7.15. The van der Waals surface area contributed by atoms with Crippen molar-refractivity contribution in [3.8, 4) is 5.75 Å². The number of ether oxygens (including phenoxy) is 1. The van der Waals surface area contributed by atoms with E-state index in [0.29, 0.717) is 31.2 Å². The van der Waals surface area contributed by atoms with Gasteiger partial charge < -0.3 is 26.0 Å². The van der Waals surface area contributed by atoms with Crippen LogP contribution in [0.3, 0.4) is 0 Å². The van der Waals surface area contributed by atoms with Crippen molar-refractivity contribution in [3.05, 3.63) is 54.5 Å². The number of amides is 2. The number of carbonyl (C=O) groups excluding carboxylic acids is 2. The number of hydrogen-bond donors (Lipinski definition) is 3. The van der Waals surface area contributed by atoms with Crippen LogP contribution in [0.25, 0.3) is 0 Å². The van der Waals surface area contributed by atoms with E-state index in [1.807, 2.05) is 31.2 Å². The van der Waals surface area contributed by atoms with Crippen molar-refractivity contribution in [3.63, 3.8) is 0 Å². The molecule has 0 unspecified atom stereocenters. The average molecular weight is 453 g/mol. The molecular formula is C22H28N8O3. The lowest BCUT2D eigenvalue weighted by Gasteiger charge is -2.17. The SMILES string of the molecule is Cc1ccc(OCCN(C)C(=O)Cn2cc(NC(=O)CCNc3ccnc(N)n3)cn2)cc1. The first-order chi connectivity index (χ1) is 15.9. The molecule has 3 rings (SSSR count). The summed E-state index contributed by atoms with van der Waals surface area (Å²) in [5.41, 5.74) is 7.20. The van der Waals surface area contributed by atoms with E-state index in [0.717, 1.165) is 11.3 Å². The predicted molar refractivity (Wildman–Crippen MR) is 125 cm³/mol. The number of aryl methyl sites for hydroxylation is 1. The van der Waals surface area contributed by atoms with Crippen LogP contribution >= 0.6 is 0 Å². The Morgan fingerprint density at radius 3 is 2.76 bits per heavy atom. The number of anilines is 3. The molecule has 2 aromatic heterocycles. The molecule has 0 saturated carbocycles. The van der Waals surface area contributed by atoms with E-state index in [4.69, 9.17) is 10.5 Å². The number of hydrogen-bond acceptors (Lipinski definition) is 8. The van der Waals surface area contributed by atoms with Gasteiger partial charge in [0.15, 0.2) is 0 Å². The zero-order valence-electron chi connectivity index (χ0n) is 18.7. The first-order valence-electron chi connectivity index (χ1n) is 10.5. The second-order valence-corrected chi connectivity index (χ2v) is 7.43. The smallest absolute Gasteiger partial charge is 0.244 e. The molecule has 2 heterocycles. The van der Waals surface area contributed by atoms with Crippen molar-refractivity contribution >= 4 is 29.3 Å². The fraction of sp³-hybridized carbons (Fsp3) is 0.318. The number of likely N-dealkylation sites (N-methyl/N-ethyl adjacent to an activating group) is 1. The quantitative estimate of drug-likeness (QED) is 0.398. The molecule has 0 fully saturated rings. The molecule has 0 saturated heterocycles. The predicted octanol–water partition coefficient (Wildman–Crippen LogP) is 1.54. The molecule has 2 amide bonds. The van der Waals surface area contributed by atoms with E-state index >= 15 is 0 Å². The highest BCUT2D eigenvalue weighted by Crippen LogP contribution is 2.11. The van der Waals surface area contributed by atoms with Crippen LogP contribution in [0, 0.1) is 6.92 Å². The summed E-state index contributed by atoms with van der Waals surface area (Å²) in [6.07, 6.45) is 4.88. The topological polar surface area (TPSA) is 140 Å². The number of benzene rings is 1. The van der Waals surface area contributed by atoms with Crippen LogP contribution in [0.4, 0.5) is 17.5 Å². The van der Waals surface area contributed by atoms with Crippen molar-refractivity contribution in [1.82, 2.24) is 24.6 Å². The largest absolute Gasteiger partial charge is 0.492 e. The molecule has 11 heteroatoms. The second kappa shape index (κ2) is 11.5. The Kier molecular flexibility index (Phi) is 8.17. The van der Waals surface area contributed by atoms with Gasteiger partial charge in [-0.25, -0.2) is 4.98 Å². The molecule has 0 bridgehead atoms. The monoisotopic (exact) mass is 452 g/mol. The number of nitrogens with zero attached hydrogens (tertiary/aromatic N) is 5. The summed E-state index contributed by atoms with van der Waals surface area (Å²) in [4.78, 5) is 33.9. The highest BCUT2D eigenvalue weighted by Gasteiger charge is 2.12. The second-order valence-electron chi connectivity index (χ2n) is 7.43. The Hall–Kier alpha value is -4.15. The molecular weight excluding hydrogens is 424 g/mol. The Bertz CT molecular complexity index is 1070. The Balaban J connectivity index is 1.36. The van der Waals surface area contributed by atoms with Crippen molar-refractivity contribution in [2.45, 2.75) is 19.9 Å². The van der Waals surface area contributed by atoms with Crippen LogP contribution in [-0.2, 0) is 16.1 Å². The third kappa shape index (κ3) is 7.80. The van der Waals surface area contributed by atoms with Crippen molar-refractivity contribution in [1.29, 1.82) is 0 Å². The number of carbonyl (C=O) groups is 2. The summed E-state index contributed by atoms with van der Waals surface area (Å²) in [5, 5.41) is 9.90. The van der Waals surface area contributed by atoms with Gasteiger partial charge in [0.2, 0.25) is 17.8 Å². The molecule has 0 radical (unpaired) electrons. The molecule has 0 aliphatic carbocycles. The molecule has 11 nitrogen and oxygen atoms in total. The van der Waals surface area contributed by atoms with E-state index in [1.165, 1.54) is 17.1 Å². The molecule has 0 atom stereocenters. The van der Waals surface area contributed by atoms with Crippen LogP contribution < -0.4 is 21.1 Å². The molecule has 0 aliphatic rings. The highest BCUT2D eigenvalue weighted by atomic mass is 16.5. The summed E-state index contributed by atoms with van der Waals surface area (Å²) >= 11 is 0. The Morgan fingerprint density at radius 1 is 1.21 bits per heavy atom. The van der Waals surface area contributed by atoms with Crippen LogP contribution in [0.2, 0.25) is 0 Å². The lowest BCUT2D eigenvalue weighted by molar-refractivity contribution is -0.131. The minimum atomic E-state index is -0.194. The molecule has 4 N–H and O–H groups in total. The standard InChI is InChI=1S/C22H28N8O3/c1-16-3-5-18(6-4-16)33-12-11-29(2)21(32)15-30-14-17(13-26-30)27-20(31)8-10-24-19-7-9-25-22(23)28-19/h3-7,9,13-14H,8,10-12,15H2,1-2H3,(H,27,31)(H3,23,24,25,28). The van der Waals surface area contributed by atoms with Gasteiger partial charge >= 0.3 is 0 Å². The van der Waals surface area contributed by atoms with Gasteiger partial charge in [0.1, 0.15) is 24.7 Å². The molecule has 174 valence electrons. The summed E-state index contributed by atoms with van der Waals surface area (Å²) in [6.45, 7) is 3.29. The number of rotatable bonds is 11. The zero-order chi connectivity index (χ0) is 23.6.